The van der Waals surface area contributed by atoms with Gasteiger partial charge in [-0.3, -0.25) is 4.79 Å². The Morgan fingerprint density at radius 1 is 1.30 bits per heavy atom. The summed E-state index contributed by atoms with van der Waals surface area (Å²) in [5, 5.41) is 6.72. The summed E-state index contributed by atoms with van der Waals surface area (Å²) in [5.41, 5.74) is 0. The maximum Gasteiger partial charge on any atom is 0.451 e. The molecule has 0 bridgehead atoms. The van der Waals surface area contributed by atoms with Crippen LogP contribution in [0.15, 0.2) is 0 Å². The van der Waals surface area contributed by atoms with Crippen LogP contribution in [0.3, 0.4) is 0 Å². The van der Waals surface area contributed by atoms with E-state index in [9.17, 15) is 18.0 Å². The lowest BCUT2D eigenvalue weighted by Gasteiger charge is -2.29. The zero-order chi connectivity index (χ0) is 14.3. The van der Waals surface area contributed by atoms with E-state index in [0.717, 1.165) is 11.0 Å². The third-order valence-electron chi connectivity index (χ3n) is 3.52. The predicted octanol–water partition coefficient (Wildman–Crippen LogP) is 0.818. The number of hydrogen-bond donors (Lipinski definition) is 0. The zero-order valence-electron chi connectivity index (χ0n) is 10.6. The van der Waals surface area contributed by atoms with Gasteiger partial charge in [0.05, 0.1) is 6.54 Å². The second kappa shape index (κ2) is 4.72. The highest BCUT2D eigenvalue weighted by molar-refractivity contribution is 5.81. The van der Waals surface area contributed by atoms with Crippen molar-refractivity contribution in [3.8, 4) is 0 Å². The average Bonchev–Trinajstić information content (AvgIpc) is 3.05. The molecule has 20 heavy (non-hydrogen) atoms. The third-order valence-corrected chi connectivity index (χ3v) is 3.52. The van der Waals surface area contributed by atoms with Gasteiger partial charge >= 0.3 is 6.18 Å². The summed E-state index contributed by atoms with van der Waals surface area (Å²) in [4.78, 5) is 13.6. The van der Waals surface area contributed by atoms with Crippen LogP contribution in [-0.4, -0.2) is 44.8 Å². The van der Waals surface area contributed by atoms with E-state index in [4.69, 9.17) is 4.74 Å². The first-order valence-electron chi connectivity index (χ1n) is 6.36. The largest absolute Gasteiger partial charge is 0.451 e. The molecule has 3 heterocycles. The molecule has 1 amide bonds. The van der Waals surface area contributed by atoms with Crippen LogP contribution in [0.5, 0.6) is 0 Å². The monoisotopic (exact) mass is 290 g/mol. The zero-order valence-corrected chi connectivity index (χ0v) is 10.6. The molecule has 0 radical (unpaired) electrons. The van der Waals surface area contributed by atoms with Crippen LogP contribution in [0, 0.1) is 0 Å². The van der Waals surface area contributed by atoms with Gasteiger partial charge in [0, 0.05) is 19.7 Å². The van der Waals surface area contributed by atoms with E-state index in [1.165, 1.54) is 4.90 Å². The van der Waals surface area contributed by atoms with Gasteiger partial charge in [0.25, 0.3) is 5.91 Å². The fourth-order valence-corrected chi connectivity index (χ4v) is 2.53. The Hall–Kier alpha value is -1.64. The fourth-order valence-electron chi connectivity index (χ4n) is 2.53. The Balaban J connectivity index is 1.76. The first-order chi connectivity index (χ1) is 9.47. The van der Waals surface area contributed by atoms with Crippen molar-refractivity contribution < 1.29 is 22.7 Å². The summed E-state index contributed by atoms with van der Waals surface area (Å²) in [6.07, 6.45) is -3.49. The van der Waals surface area contributed by atoms with Gasteiger partial charge in [-0.2, -0.15) is 13.2 Å². The van der Waals surface area contributed by atoms with Gasteiger partial charge in [0.2, 0.25) is 5.82 Å². The quantitative estimate of drug-likeness (QED) is 0.768. The number of hydrogen-bond acceptors (Lipinski definition) is 4. The van der Waals surface area contributed by atoms with Crippen LogP contribution in [0.1, 0.15) is 24.5 Å². The van der Waals surface area contributed by atoms with Crippen LogP contribution in [0.4, 0.5) is 13.2 Å². The van der Waals surface area contributed by atoms with Crippen molar-refractivity contribution in [1.82, 2.24) is 19.7 Å². The minimum Gasteiger partial charge on any atom is -0.368 e. The molecule has 3 rings (SSSR count). The molecular weight excluding hydrogens is 277 g/mol. The highest BCUT2D eigenvalue weighted by atomic mass is 19.4. The smallest absolute Gasteiger partial charge is 0.368 e. The molecule has 0 saturated carbocycles. The number of halogens is 3. The van der Waals surface area contributed by atoms with Crippen LogP contribution in [-0.2, 0) is 28.8 Å². The van der Waals surface area contributed by atoms with Crippen LogP contribution in [0.2, 0.25) is 0 Å². The lowest BCUT2D eigenvalue weighted by atomic mass is 10.2. The van der Waals surface area contributed by atoms with Crippen molar-refractivity contribution in [2.75, 3.05) is 13.2 Å². The summed E-state index contributed by atoms with van der Waals surface area (Å²) in [7, 11) is 0. The minimum atomic E-state index is -4.52. The first-order valence-corrected chi connectivity index (χ1v) is 6.36. The second-order valence-corrected chi connectivity index (χ2v) is 4.85. The van der Waals surface area contributed by atoms with E-state index in [1.54, 1.807) is 0 Å². The molecule has 110 valence electrons. The number of carbonyl (C=O) groups is 1. The van der Waals surface area contributed by atoms with E-state index in [1.807, 2.05) is 0 Å². The van der Waals surface area contributed by atoms with Gasteiger partial charge in [-0.05, 0) is 12.8 Å². The molecule has 2 aliphatic heterocycles. The third kappa shape index (κ3) is 2.26. The predicted molar refractivity (Wildman–Crippen MR) is 59.4 cm³/mol. The lowest BCUT2D eigenvalue weighted by molar-refractivity contribution is -0.148. The number of fused-ring (bicyclic) bond motifs is 1. The molecule has 1 atom stereocenters. The fraction of sp³-hybridized carbons (Fsp3) is 0.727. The van der Waals surface area contributed by atoms with Crippen molar-refractivity contribution in [1.29, 1.82) is 0 Å². The topological polar surface area (TPSA) is 60.2 Å². The highest BCUT2D eigenvalue weighted by Crippen LogP contribution is 2.29. The van der Waals surface area contributed by atoms with Gasteiger partial charge < -0.3 is 14.2 Å². The van der Waals surface area contributed by atoms with E-state index in [2.05, 4.69) is 10.2 Å². The van der Waals surface area contributed by atoms with Crippen molar-refractivity contribution in [3.05, 3.63) is 11.6 Å². The number of alkyl halides is 3. The molecule has 0 aromatic carbocycles. The van der Waals surface area contributed by atoms with Crippen molar-refractivity contribution >= 4 is 5.91 Å². The Labute approximate surface area is 112 Å². The van der Waals surface area contributed by atoms with Gasteiger partial charge in [0.1, 0.15) is 6.10 Å². The number of ether oxygens (including phenoxy) is 1. The molecular formula is C11H13F3N4O2. The van der Waals surface area contributed by atoms with Gasteiger partial charge in [-0.25, -0.2) is 0 Å². The SMILES string of the molecule is O=C(C1CCCO1)N1CCn2c(nnc2C(F)(F)F)C1. The minimum absolute atomic E-state index is 0.0434. The van der Waals surface area contributed by atoms with Crippen LogP contribution >= 0.6 is 0 Å². The van der Waals surface area contributed by atoms with Crippen LogP contribution in [0.25, 0.3) is 0 Å². The molecule has 0 N–H and O–H groups in total. The van der Waals surface area contributed by atoms with E-state index < -0.39 is 18.1 Å². The Morgan fingerprint density at radius 3 is 2.75 bits per heavy atom. The number of nitrogens with zero attached hydrogens (tertiary/aromatic N) is 4. The maximum atomic E-state index is 12.7. The Kier molecular flexibility index (Phi) is 3.15. The molecule has 1 unspecified atom stereocenters. The average molecular weight is 290 g/mol. The molecule has 1 fully saturated rings. The number of rotatable bonds is 1. The van der Waals surface area contributed by atoms with Crippen LogP contribution < -0.4 is 0 Å². The first kappa shape index (κ1) is 13.3. The summed E-state index contributed by atoms with van der Waals surface area (Å²) in [6, 6.07) is 0. The molecule has 1 aromatic heterocycles. The van der Waals surface area contributed by atoms with Gasteiger partial charge in [0.15, 0.2) is 5.82 Å². The van der Waals surface area contributed by atoms with E-state index in [-0.39, 0.29) is 31.4 Å². The molecule has 6 nitrogen and oxygen atoms in total. The number of aromatic nitrogens is 3. The summed E-state index contributed by atoms with van der Waals surface area (Å²) < 4.78 is 44.4. The Bertz CT molecular complexity index is 522. The highest BCUT2D eigenvalue weighted by Gasteiger charge is 2.40. The van der Waals surface area contributed by atoms with Gasteiger partial charge in [-0.15, -0.1) is 10.2 Å². The Morgan fingerprint density at radius 2 is 2.10 bits per heavy atom. The molecule has 1 aromatic rings. The molecule has 1 saturated heterocycles. The normalized spacial score (nSPS) is 22.9. The van der Waals surface area contributed by atoms with Gasteiger partial charge in [-0.1, -0.05) is 0 Å². The standard InChI is InChI=1S/C11H13F3N4O2/c12-11(13,14)10-16-15-8-6-17(3-4-18(8)10)9(19)7-2-1-5-20-7/h7H,1-6H2. The second-order valence-electron chi connectivity index (χ2n) is 4.85. The summed E-state index contributed by atoms with van der Waals surface area (Å²) in [5.74, 6) is -1.02. The van der Waals surface area contributed by atoms with E-state index in [0.29, 0.717) is 13.0 Å². The maximum absolute atomic E-state index is 12.7. The van der Waals surface area contributed by atoms with Crippen molar-refractivity contribution in [2.24, 2.45) is 0 Å². The summed E-state index contributed by atoms with van der Waals surface area (Å²) in [6.45, 7) is 0.864. The molecule has 9 heteroatoms. The number of carbonyl (C=O) groups excluding carboxylic acids is 1. The van der Waals surface area contributed by atoms with E-state index >= 15 is 0 Å². The summed E-state index contributed by atoms with van der Waals surface area (Å²) >= 11 is 0. The van der Waals surface area contributed by atoms with Crippen molar-refractivity contribution in [3.63, 3.8) is 0 Å². The molecule has 0 spiro atoms. The molecule has 0 aliphatic carbocycles. The van der Waals surface area contributed by atoms with Crippen molar-refractivity contribution in [2.45, 2.75) is 38.2 Å². The lowest BCUT2D eigenvalue weighted by Crippen LogP contribution is -2.44. The number of amides is 1. The molecule has 2 aliphatic rings.